The molecular weight excluding hydrogens is 273 g/mol. The summed E-state index contributed by atoms with van der Waals surface area (Å²) in [5, 5.41) is -0.434. The Bertz CT molecular complexity index is 499. The number of hydrogen-bond acceptors (Lipinski definition) is 5. The van der Waals surface area contributed by atoms with Crippen LogP contribution in [0.4, 0.5) is 5.69 Å². The Kier molecular flexibility index (Phi) is 4.12. The molecule has 10 heteroatoms. The van der Waals surface area contributed by atoms with Gasteiger partial charge in [-0.05, 0) is 6.07 Å². The highest BCUT2D eigenvalue weighted by atomic mass is 32.2. The number of anilines is 1. The van der Waals surface area contributed by atoms with Crippen LogP contribution < -0.4 is 20.0 Å². The van der Waals surface area contributed by atoms with Crippen LogP contribution in [0.25, 0.3) is 0 Å². The molecule has 1 atom stereocenters. The van der Waals surface area contributed by atoms with Gasteiger partial charge < -0.3 is 24.4 Å². The quantitative estimate of drug-likeness (QED) is 0.332. The standard InChI is InChI=1S/C7H10NO7PS/c1-14-7-5(8)2-4(16(9,10)11)3-6(7)15-17(12)13/h2-3H,8H2,1H3,(H,12,13)(H2,9,10,11). The summed E-state index contributed by atoms with van der Waals surface area (Å²) in [6.45, 7) is 0. The first-order valence-corrected chi connectivity index (χ1v) is 6.73. The summed E-state index contributed by atoms with van der Waals surface area (Å²) in [4.78, 5) is 17.9. The summed E-state index contributed by atoms with van der Waals surface area (Å²) in [6.07, 6.45) is 0. The van der Waals surface area contributed by atoms with Crippen molar-refractivity contribution in [2.75, 3.05) is 12.8 Å². The van der Waals surface area contributed by atoms with Gasteiger partial charge in [0, 0.05) is 6.07 Å². The maximum atomic E-state index is 11.0. The van der Waals surface area contributed by atoms with E-state index in [9.17, 15) is 8.77 Å². The highest BCUT2D eigenvalue weighted by molar-refractivity contribution is 7.74. The van der Waals surface area contributed by atoms with E-state index in [1.165, 1.54) is 7.11 Å². The van der Waals surface area contributed by atoms with Crippen molar-refractivity contribution in [3.63, 3.8) is 0 Å². The molecule has 5 N–H and O–H groups in total. The van der Waals surface area contributed by atoms with Crippen LogP contribution in [0.1, 0.15) is 0 Å². The lowest BCUT2D eigenvalue weighted by Crippen LogP contribution is -2.10. The first-order valence-electron chi connectivity index (χ1n) is 4.08. The molecule has 0 heterocycles. The third-order valence-electron chi connectivity index (χ3n) is 1.77. The molecule has 1 rings (SSSR count). The molecular formula is C7H10NO7PS. The highest BCUT2D eigenvalue weighted by Gasteiger charge is 2.22. The molecule has 0 aliphatic heterocycles. The van der Waals surface area contributed by atoms with E-state index < -0.39 is 24.3 Å². The van der Waals surface area contributed by atoms with Gasteiger partial charge in [-0.25, -0.2) is 0 Å². The van der Waals surface area contributed by atoms with Crippen molar-refractivity contribution < 1.29 is 32.0 Å². The Morgan fingerprint density at radius 2 is 2.00 bits per heavy atom. The largest absolute Gasteiger partial charge is 0.491 e. The minimum atomic E-state index is -4.54. The zero-order valence-electron chi connectivity index (χ0n) is 8.56. The lowest BCUT2D eigenvalue weighted by Gasteiger charge is -2.12. The predicted molar refractivity (Wildman–Crippen MR) is 60.5 cm³/mol. The molecule has 0 aromatic heterocycles. The van der Waals surface area contributed by atoms with Gasteiger partial charge in [0.05, 0.1) is 18.1 Å². The fourth-order valence-electron chi connectivity index (χ4n) is 1.13. The van der Waals surface area contributed by atoms with E-state index >= 15 is 0 Å². The van der Waals surface area contributed by atoms with Gasteiger partial charge in [0.2, 0.25) is 0 Å². The van der Waals surface area contributed by atoms with Crippen molar-refractivity contribution in [2.45, 2.75) is 0 Å². The number of benzene rings is 1. The fraction of sp³-hybridized carbons (Fsp3) is 0.143. The fourth-order valence-corrected chi connectivity index (χ4v) is 2.00. The van der Waals surface area contributed by atoms with Gasteiger partial charge in [0.15, 0.2) is 11.5 Å². The van der Waals surface area contributed by atoms with Crippen LogP contribution in [0.3, 0.4) is 0 Å². The molecule has 0 aliphatic rings. The molecule has 1 aromatic rings. The Morgan fingerprint density at radius 1 is 1.41 bits per heavy atom. The minimum absolute atomic E-state index is 0.0791. The Morgan fingerprint density at radius 3 is 2.41 bits per heavy atom. The normalized spacial score (nSPS) is 13.2. The molecule has 1 unspecified atom stereocenters. The first kappa shape index (κ1) is 13.9. The second-order valence-corrected chi connectivity index (χ2v) is 5.12. The van der Waals surface area contributed by atoms with Crippen LogP contribution in [-0.4, -0.2) is 25.7 Å². The molecule has 0 fully saturated rings. The number of nitrogen functional groups attached to an aromatic ring is 1. The maximum absolute atomic E-state index is 11.0. The number of nitrogens with two attached hydrogens (primary N) is 1. The number of rotatable bonds is 4. The molecule has 0 amide bonds. The summed E-state index contributed by atoms with van der Waals surface area (Å²) < 4.78 is 39.3. The van der Waals surface area contributed by atoms with Crippen molar-refractivity contribution in [3.05, 3.63) is 12.1 Å². The van der Waals surface area contributed by atoms with Crippen molar-refractivity contribution in [1.82, 2.24) is 0 Å². The molecule has 0 saturated heterocycles. The monoisotopic (exact) mass is 283 g/mol. The van der Waals surface area contributed by atoms with Gasteiger partial charge in [-0.2, -0.15) is 4.21 Å². The molecule has 0 radical (unpaired) electrons. The van der Waals surface area contributed by atoms with Crippen LogP contribution in [-0.2, 0) is 15.9 Å². The summed E-state index contributed by atoms with van der Waals surface area (Å²) >= 11 is -2.66. The molecule has 8 nitrogen and oxygen atoms in total. The second-order valence-electron chi connectivity index (χ2n) is 2.91. The third kappa shape index (κ3) is 3.42. The van der Waals surface area contributed by atoms with Crippen molar-refractivity contribution >= 4 is 29.9 Å². The van der Waals surface area contributed by atoms with Crippen LogP contribution in [0.15, 0.2) is 12.1 Å². The Balaban J connectivity index is 3.38. The second kappa shape index (κ2) is 5.03. The van der Waals surface area contributed by atoms with Gasteiger partial charge in [-0.1, -0.05) is 0 Å². The molecule has 0 spiro atoms. The van der Waals surface area contributed by atoms with Crippen LogP contribution >= 0.6 is 7.60 Å². The lowest BCUT2D eigenvalue weighted by molar-refractivity contribution is 0.383. The summed E-state index contributed by atoms with van der Waals surface area (Å²) in [5.41, 5.74) is 5.36. The third-order valence-corrected chi connectivity index (χ3v) is 3.02. The van der Waals surface area contributed by atoms with E-state index in [0.29, 0.717) is 0 Å². The highest BCUT2D eigenvalue weighted by Crippen LogP contribution is 2.40. The van der Waals surface area contributed by atoms with Crippen LogP contribution in [0.2, 0.25) is 0 Å². The van der Waals surface area contributed by atoms with Gasteiger partial charge in [-0.3, -0.25) is 9.12 Å². The Labute approximate surface area is 99.0 Å². The SMILES string of the molecule is COc1c(N)cc(P(=O)(O)O)cc1OS(=O)O. The molecule has 0 saturated carbocycles. The summed E-state index contributed by atoms with van der Waals surface area (Å²) in [5.74, 6) is -0.406. The Hall–Kier alpha value is -1.12. The maximum Gasteiger partial charge on any atom is 0.357 e. The van der Waals surface area contributed by atoms with Gasteiger partial charge in [0.1, 0.15) is 0 Å². The molecule has 1 aromatic carbocycles. The summed E-state index contributed by atoms with van der Waals surface area (Å²) in [7, 11) is -3.31. The van der Waals surface area contributed by atoms with E-state index in [1.807, 2.05) is 0 Å². The lowest BCUT2D eigenvalue weighted by atomic mass is 10.3. The van der Waals surface area contributed by atoms with E-state index in [-0.39, 0.29) is 17.2 Å². The van der Waals surface area contributed by atoms with E-state index in [4.69, 9.17) is 24.8 Å². The number of ether oxygens (including phenoxy) is 1. The van der Waals surface area contributed by atoms with E-state index in [1.54, 1.807) is 0 Å². The average Bonchev–Trinajstić information content (AvgIpc) is 2.14. The smallest absolute Gasteiger partial charge is 0.357 e. The number of methoxy groups -OCH3 is 1. The van der Waals surface area contributed by atoms with Crippen LogP contribution in [0, 0.1) is 0 Å². The van der Waals surface area contributed by atoms with Gasteiger partial charge in [0.25, 0.3) is 0 Å². The molecule has 0 bridgehead atoms. The topological polar surface area (TPSA) is 139 Å². The molecule has 96 valence electrons. The number of hydrogen-bond donors (Lipinski definition) is 4. The van der Waals surface area contributed by atoms with Gasteiger partial charge >= 0.3 is 19.0 Å². The average molecular weight is 283 g/mol. The van der Waals surface area contributed by atoms with E-state index in [2.05, 4.69) is 4.18 Å². The van der Waals surface area contributed by atoms with Crippen molar-refractivity contribution in [3.8, 4) is 11.5 Å². The predicted octanol–water partition coefficient (Wildman–Crippen LogP) is -0.404. The first-order chi connectivity index (χ1) is 7.75. The van der Waals surface area contributed by atoms with E-state index in [0.717, 1.165) is 12.1 Å². The van der Waals surface area contributed by atoms with Crippen molar-refractivity contribution in [2.24, 2.45) is 0 Å². The summed E-state index contributed by atoms with van der Waals surface area (Å²) in [6, 6.07) is 1.90. The molecule has 0 aliphatic carbocycles. The molecule has 17 heavy (non-hydrogen) atoms. The zero-order chi connectivity index (χ0) is 13.2. The van der Waals surface area contributed by atoms with Gasteiger partial charge in [-0.15, -0.1) is 0 Å². The zero-order valence-corrected chi connectivity index (χ0v) is 10.3. The van der Waals surface area contributed by atoms with Crippen molar-refractivity contribution in [1.29, 1.82) is 0 Å². The van der Waals surface area contributed by atoms with Crippen LogP contribution in [0.5, 0.6) is 11.5 Å². The minimum Gasteiger partial charge on any atom is -0.491 e.